The van der Waals surface area contributed by atoms with Crippen molar-refractivity contribution in [3.8, 4) is 0 Å². The highest BCUT2D eigenvalue weighted by atomic mass is 16.7. The smallest absolute Gasteiger partial charge is 0.303 e. The average Bonchev–Trinajstić information content (AvgIpc) is 3.48. The van der Waals surface area contributed by atoms with Crippen molar-refractivity contribution in [3.63, 3.8) is 0 Å². The van der Waals surface area contributed by atoms with Gasteiger partial charge >= 0.3 is 23.9 Å². The standard InChI is InChI=1S/C55H95N7O19/c1-28(2)22-38(59-52(73)33(11)58-46(72)26-41(68)39(23-29(3)4)60-53(74)48(32(9)10)62-54(75)47(31(7)8)61-45(71)24-30(5)6)40(67)25-44(70)57-20-17-19-56-43(69)18-16-21-76-55-51(80-37(15)66)50(79-36(14)65)49(78-35(13)64)42(81-55)27-77-34(12)63/h28-33,38-42,47-51,55,67-68H,16-27H2,1-15H3,(H,56,69)(H,57,70)(H,58,72)(H,59,73)(H,60,74)(H,61,71)(H,62,75)/t33-,38-,39-,40-,41-,42+,47-,48-,49+,50-,51-,55-/m0/s1. The molecule has 1 fully saturated rings. The van der Waals surface area contributed by atoms with Gasteiger partial charge in [-0.2, -0.15) is 0 Å². The summed E-state index contributed by atoms with van der Waals surface area (Å²) >= 11 is 0. The molecule has 7 amide bonds. The highest BCUT2D eigenvalue weighted by molar-refractivity contribution is 5.93. The van der Waals surface area contributed by atoms with E-state index < -0.39 is 145 Å². The number of ether oxygens (including phenoxy) is 6. The van der Waals surface area contributed by atoms with Gasteiger partial charge in [-0.05, 0) is 62.2 Å². The molecular formula is C55H95N7O19. The molecule has 0 aromatic heterocycles. The molecule has 0 saturated carbocycles. The Hall–Kier alpha value is -5.99. The summed E-state index contributed by atoms with van der Waals surface area (Å²) in [6.45, 7) is 23.9. The Balaban J connectivity index is 2.78. The summed E-state index contributed by atoms with van der Waals surface area (Å²) in [4.78, 5) is 140. The molecule has 0 aliphatic carbocycles. The van der Waals surface area contributed by atoms with E-state index >= 15 is 0 Å². The van der Waals surface area contributed by atoms with Gasteiger partial charge in [-0.15, -0.1) is 0 Å². The predicted molar refractivity (Wildman–Crippen MR) is 292 cm³/mol. The lowest BCUT2D eigenvalue weighted by atomic mass is 9.95. The van der Waals surface area contributed by atoms with E-state index in [-0.39, 0.29) is 93.7 Å². The highest BCUT2D eigenvalue weighted by Gasteiger charge is 2.53. The summed E-state index contributed by atoms with van der Waals surface area (Å²) in [5.41, 5.74) is 0. The Bertz CT molecular complexity index is 2070. The zero-order valence-electron chi connectivity index (χ0n) is 50.1. The highest BCUT2D eigenvalue weighted by Crippen LogP contribution is 2.30. The van der Waals surface area contributed by atoms with Gasteiger partial charge in [0, 0.05) is 53.6 Å². The van der Waals surface area contributed by atoms with E-state index in [0.29, 0.717) is 6.42 Å². The average molecular weight is 1160 g/mol. The Morgan fingerprint density at radius 2 is 0.938 bits per heavy atom. The third-order valence-electron chi connectivity index (χ3n) is 12.5. The molecule has 1 aliphatic rings. The second-order valence-corrected chi connectivity index (χ2v) is 22.5. The monoisotopic (exact) mass is 1160 g/mol. The molecule has 1 heterocycles. The molecule has 0 unspecified atom stereocenters. The van der Waals surface area contributed by atoms with Crippen molar-refractivity contribution in [1.29, 1.82) is 0 Å². The van der Waals surface area contributed by atoms with Crippen LogP contribution in [0.2, 0.25) is 0 Å². The van der Waals surface area contributed by atoms with Gasteiger partial charge in [-0.3, -0.25) is 52.7 Å². The molecule has 0 aromatic rings. The maximum absolute atomic E-state index is 13.7. The van der Waals surface area contributed by atoms with Gasteiger partial charge in [0.05, 0.1) is 43.7 Å². The SMILES string of the molecule is CC(=O)OC[C@H]1O[C@H](OCCCC(=O)NCCCNC(=O)C[C@H](O)[C@H](CC(C)C)NC(=O)[C@H](C)NC(=O)C[C@H](O)[C@H](CC(C)C)NC(=O)[C@@H](NC(=O)[C@@H](NC(=O)CC(C)C)C(C)C)C(C)C)[C@@H](OC(C)=O)[C@@H](OC(C)=O)[C@@H]1OC(C)=O. The Labute approximate surface area is 476 Å². The molecule has 12 atom stereocenters. The molecule has 0 aromatic carbocycles. The number of carbonyl (C=O) groups is 11. The van der Waals surface area contributed by atoms with Crippen molar-refractivity contribution in [2.75, 3.05) is 26.3 Å². The van der Waals surface area contributed by atoms with E-state index in [4.69, 9.17) is 28.4 Å². The third kappa shape index (κ3) is 29.5. The molecule has 1 saturated heterocycles. The van der Waals surface area contributed by atoms with Crippen molar-refractivity contribution in [2.24, 2.45) is 29.6 Å². The number of hydrogen-bond acceptors (Lipinski definition) is 19. The van der Waals surface area contributed by atoms with E-state index in [1.54, 1.807) is 27.7 Å². The van der Waals surface area contributed by atoms with Crippen LogP contribution >= 0.6 is 0 Å². The number of amides is 7. The number of nitrogens with one attached hydrogen (secondary N) is 7. The van der Waals surface area contributed by atoms with E-state index in [2.05, 4.69) is 37.2 Å². The molecule has 464 valence electrons. The summed E-state index contributed by atoms with van der Waals surface area (Å²) < 4.78 is 32.9. The largest absolute Gasteiger partial charge is 0.463 e. The van der Waals surface area contributed by atoms with Crippen molar-refractivity contribution >= 4 is 65.2 Å². The third-order valence-corrected chi connectivity index (χ3v) is 12.5. The molecule has 81 heavy (non-hydrogen) atoms. The zero-order valence-corrected chi connectivity index (χ0v) is 50.1. The van der Waals surface area contributed by atoms with Crippen LogP contribution < -0.4 is 37.2 Å². The number of esters is 4. The van der Waals surface area contributed by atoms with Crippen LogP contribution in [0.3, 0.4) is 0 Å². The number of aliphatic hydroxyl groups excluding tert-OH is 2. The topological polar surface area (TPSA) is 368 Å². The Morgan fingerprint density at radius 3 is 1.43 bits per heavy atom. The van der Waals surface area contributed by atoms with Gasteiger partial charge in [0.15, 0.2) is 24.6 Å². The summed E-state index contributed by atoms with van der Waals surface area (Å²) in [7, 11) is 0. The maximum Gasteiger partial charge on any atom is 0.303 e. The first-order valence-electron chi connectivity index (χ1n) is 28.0. The Morgan fingerprint density at radius 1 is 0.481 bits per heavy atom. The van der Waals surface area contributed by atoms with Gasteiger partial charge in [-0.1, -0.05) is 69.2 Å². The van der Waals surface area contributed by atoms with Crippen LogP contribution in [-0.2, 0) is 81.2 Å². The van der Waals surface area contributed by atoms with Gasteiger partial charge < -0.3 is 75.9 Å². The van der Waals surface area contributed by atoms with E-state index in [0.717, 1.165) is 27.7 Å². The van der Waals surface area contributed by atoms with E-state index in [1.807, 2.05) is 41.5 Å². The summed E-state index contributed by atoms with van der Waals surface area (Å²) in [5.74, 6) is -7.39. The normalized spacial score (nSPS) is 19.7. The number of hydrogen-bond donors (Lipinski definition) is 9. The quantitative estimate of drug-likeness (QED) is 0.0239. The molecule has 0 bridgehead atoms. The van der Waals surface area contributed by atoms with Gasteiger partial charge in [0.25, 0.3) is 0 Å². The Kier molecular flexibility index (Phi) is 33.5. The van der Waals surface area contributed by atoms with Crippen LogP contribution in [0.15, 0.2) is 0 Å². The minimum Gasteiger partial charge on any atom is -0.463 e. The van der Waals surface area contributed by atoms with Gasteiger partial charge in [-0.25, -0.2) is 0 Å². The fourth-order valence-corrected chi connectivity index (χ4v) is 8.63. The van der Waals surface area contributed by atoms with Gasteiger partial charge in [0.1, 0.15) is 30.8 Å². The van der Waals surface area contributed by atoms with Crippen LogP contribution in [0.1, 0.15) is 155 Å². The fraction of sp³-hybridized carbons (Fsp3) is 0.800. The summed E-state index contributed by atoms with van der Waals surface area (Å²) in [6, 6.07) is -4.89. The first kappa shape index (κ1) is 73.0. The van der Waals surface area contributed by atoms with Crippen LogP contribution in [0.25, 0.3) is 0 Å². The molecule has 0 radical (unpaired) electrons. The summed E-state index contributed by atoms with van der Waals surface area (Å²) in [5, 5.41) is 41.5. The van der Waals surface area contributed by atoms with Crippen LogP contribution in [-0.4, -0.2) is 175 Å². The minimum absolute atomic E-state index is 0.0271. The lowest BCUT2D eigenvalue weighted by molar-refractivity contribution is -0.308. The van der Waals surface area contributed by atoms with Crippen LogP contribution in [0, 0.1) is 29.6 Å². The van der Waals surface area contributed by atoms with Crippen molar-refractivity contribution in [3.05, 3.63) is 0 Å². The molecule has 26 nitrogen and oxygen atoms in total. The number of aliphatic hydroxyl groups is 2. The molecule has 1 aliphatic heterocycles. The summed E-state index contributed by atoms with van der Waals surface area (Å²) in [6.07, 6.45) is -9.17. The second kappa shape index (κ2) is 37.2. The molecule has 26 heteroatoms. The zero-order chi connectivity index (χ0) is 61.8. The molecule has 1 rings (SSSR count). The first-order chi connectivity index (χ1) is 37.7. The van der Waals surface area contributed by atoms with Crippen molar-refractivity contribution < 1.29 is 91.4 Å². The predicted octanol–water partition coefficient (Wildman–Crippen LogP) is 0.885. The second-order valence-electron chi connectivity index (χ2n) is 22.5. The van der Waals surface area contributed by atoms with E-state index in [1.165, 1.54) is 6.92 Å². The first-order valence-corrected chi connectivity index (χ1v) is 28.0. The van der Waals surface area contributed by atoms with Crippen LogP contribution in [0.4, 0.5) is 0 Å². The molecule has 0 spiro atoms. The fourth-order valence-electron chi connectivity index (χ4n) is 8.63. The van der Waals surface area contributed by atoms with Crippen molar-refractivity contribution in [1.82, 2.24) is 37.2 Å². The minimum atomic E-state index is -1.42. The maximum atomic E-state index is 13.7. The lowest BCUT2D eigenvalue weighted by Crippen LogP contribution is -2.63. The van der Waals surface area contributed by atoms with Crippen LogP contribution in [0.5, 0.6) is 0 Å². The molecular weight excluding hydrogens is 1060 g/mol. The van der Waals surface area contributed by atoms with Crippen molar-refractivity contribution in [2.45, 2.75) is 228 Å². The number of carbonyl (C=O) groups excluding carboxylic acids is 11. The number of rotatable bonds is 36. The molecule has 9 N–H and O–H groups in total. The lowest BCUT2D eigenvalue weighted by Gasteiger charge is -2.44. The van der Waals surface area contributed by atoms with Gasteiger partial charge in [0.2, 0.25) is 41.4 Å². The van der Waals surface area contributed by atoms with E-state index in [9.17, 15) is 63.0 Å².